The topological polar surface area (TPSA) is 77.9 Å². The van der Waals surface area contributed by atoms with Crippen molar-refractivity contribution in [3.05, 3.63) is 35.4 Å². The smallest absolute Gasteiger partial charge is 0.306 e. The predicted octanol–water partition coefficient (Wildman–Crippen LogP) is 2.03. The first-order valence-electron chi connectivity index (χ1n) is 8.77. The van der Waals surface area contributed by atoms with Crippen LogP contribution in [0.15, 0.2) is 24.3 Å². The van der Waals surface area contributed by atoms with E-state index in [1.165, 1.54) is 10.5 Å². The van der Waals surface area contributed by atoms with E-state index in [-0.39, 0.29) is 24.3 Å². The Balaban J connectivity index is 1.88. The normalized spacial score (nSPS) is 15.0. The molecule has 1 fully saturated rings. The highest BCUT2D eigenvalue weighted by atomic mass is 16.4. The zero-order valence-corrected chi connectivity index (χ0v) is 14.9. The van der Waals surface area contributed by atoms with Crippen LogP contribution in [0.5, 0.6) is 0 Å². The first-order chi connectivity index (χ1) is 11.9. The average molecular weight is 346 g/mol. The summed E-state index contributed by atoms with van der Waals surface area (Å²) in [5, 5.41) is 9.00. The molecule has 0 radical (unpaired) electrons. The SMILES string of the molecule is CCCc1ccc(C(=O)N(C)CC(=O)N2CCC(C(=O)O)CC2)cc1. The van der Waals surface area contributed by atoms with Crippen molar-refractivity contribution in [2.75, 3.05) is 26.7 Å². The van der Waals surface area contributed by atoms with Gasteiger partial charge in [0, 0.05) is 25.7 Å². The molecule has 2 amide bonds. The van der Waals surface area contributed by atoms with E-state index in [9.17, 15) is 14.4 Å². The number of hydrogen-bond acceptors (Lipinski definition) is 3. The number of likely N-dealkylation sites (N-methyl/N-ethyl adjacent to an activating group) is 1. The van der Waals surface area contributed by atoms with Crippen LogP contribution in [0.4, 0.5) is 0 Å². The van der Waals surface area contributed by atoms with Gasteiger partial charge in [-0.3, -0.25) is 14.4 Å². The minimum Gasteiger partial charge on any atom is -0.481 e. The number of aliphatic carboxylic acids is 1. The van der Waals surface area contributed by atoms with Gasteiger partial charge in [-0.05, 0) is 37.0 Å². The molecule has 0 aromatic heterocycles. The summed E-state index contributed by atoms with van der Waals surface area (Å²) < 4.78 is 0. The molecule has 0 bridgehead atoms. The van der Waals surface area contributed by atoms with Gasteiger partial charge in [-0.1, -0.05) is 25.5 Å². The second-order valence-corrected chi connectivity index (χ2v) is 6.60. The zero-order chi connectivity index (χ0) is 18.4. The number of likely N-dealkylation sites (tertiary alicyclic amines) is 1. The van der Waals surface area contributed by atoms with E-state index in [0.717, 1.165) is 12.8 Å². The Bertz CT molecular complexity index is 619. The summed E-state index contributed by atoms with van der Waals surface area (Å²) in [6.07, 6.45) is 2.98. The van der Waals surface area contributed by atoms with Crippen LogP contribution in [0.25, 0.3) is 0 Å². The Labute approximate surface area is 148 Å². The monoisotopic (exact) mass is 346 g/mol. The molecule has 1 aromatic carbocycles. The lowest BCUT2D eigenvalue weighted by molar-refractivity contribution is -0.145. The van der Waals surface area contributed by atoms with Gasteiger partial charge >= 0.3 is 5.97 Å². The molecule has 1 heterocycles. The van der Waals surface area contributed by atoms with Crippen LogP contribution in [-0.4, -0.2) is 59.4 Å². The summed E-state index contributed by atoms with van der Waals surface area (Å²) in [6.45, 7) is 2.98. The number of carboxylic acid groups (broad SMARTS) is 1. The van der Waals surface area contributed by atoms with E-state index in [2.05, 4.69) is 6.92 Å². The van der Waals surface area contributed by atoms with Crippen molar-refractivity contribution in [3.63, 3.8) is 0 Å². The maximum Gasteiger partial charge on any atom is 0.306 e. The fraction of sp³-hybridized carbons (Fsp3) is 0.526. The standard InChI is InChI=1S/C19H26N2O4/c1-3-4-14-5-7-15(8-6-14)18(23)20(2)13-17(22)21-11-9-16(10-12-21)19(24)25/h5-8,16H,3-4,9-13H2,1-2H3,(H,24,25). The van der Waals surface area contributed by atoms with Gasteiger partial charge in [0.25, 0.3) is 5.91 Å². The van der Waals surface area contributed by atoms with Gasteiger partial charge < -0.3 is 14.9 Å². The molecular formula is C19H26N2O4. The third-order valence-corrected chi connectivity index (χ3v) is 4.66. The van der Waals surface area contributed by atoms with Crippen LogP contribution >= 0.6 is 0 Å². The number of nitrogens with zero attached hydrogens (tertiary/aromatic N) is 2. The molecule has 1 aliphatic heterocycles. The summed E-state index contributed by atoms with van der Waals surface area (Å²) in [7, 11) is 1.62. The number of carbonyl (C=O) groups excluding carboxylic acids is 2. The van der Waals surface area contributed by atoms with Crippen molar-refractivity contribution in [3.8, 4) is 0 Å². The van der Waals surface area contributed by atoms with Crippen molar-refractivity contribution in [2.45, 2.75) is 32.6 Å². The van der Waals surface area contributed by atoms with Crippen LogP contribution in [0.3, 0.4) is 0 Å². The zero-order valence-electron chi connectivity index (χ0n) is 14.9. The largest absolute Gasteiger partial charge is 0.481 e. The molecule has 0 unspecified atom stereocenters. The van der Waals surface area contributed by atoms with E-state index >= 15 is 0 Å². The van der Waals surface area contributed by atoms with E-state index in [1.807, 2.05) is 12.1 Å². The highest BCUT2D eigenvalue weighted by Crippen LogP contribution is 2.17. The number of piperidine rings is 1. The summed E-state index contributed by atoms with van der Waals surface area (Å²) in [6, 6.07) is 7.49. The molecule has 1 aromatic rings. The van der Waals surface area contributed by atoms with Gasteiger partial charge in [0.2, 0.25) is 5.91 Å². The van der Waals surface area contributed by atoms with Crippen molar-refractivity contribution in [1.29, 1.82) is 0 Å². The molecule has 0 saturated carbocycles. The fourth-order valence-corrected chi connectivity index (χ4v) is 3.07. The quantitative estimate of drug-likeness (QED) is 0.855. The minimum absolute atomic E-state index is 0.00723. The van der Waals surface area contributed by atoms with Gasteiger partial charge in [0.1, 0.15) is 0 Å². The van der Waals surface area contributed by atoms with Crippen LogP contribution in [0, 0.1) is 5.92 Å². The van der Waals surface area contributed by atoms with Gasteiger partial charge in [-0.15, -0.1) is 0 Å². The molecule has 25 heavy (non-hydrogen) atoms. The Morgan fingerprint density at radius 1 is 1.16 bits per heavy atom. The average Bonchev–Trinajstić information content (AvgIpc) is 2.62. The molecule has 6 heteroatoms. The van der Waals surface area contributed by atoms with Crippen LogP contribution in [0.2, 0.25) is 0 Å². The van der Waals surface area contributed by atoms with Crippen LogP contribution < -0.4 is 0 Å². The molecule has 0 aliphatic carbocycles. The van der Waals surface area contributed by atoms with E-state index in [1.54, 1.807) is 24.1 Å². The van der Waals surface area contributed by atoms with Crippen LogP contribution in [-0.2, 0) is 16.0 Å². The third-order valence-electron chi connectivity index (χ3n) is 4.66. The Kier molecular flexibility index (Phi) is 6.56. The van der Waals surface area contributed by atoms with E-state index < -0.39 is 5.97 Å². The van der Waals surface area contributed by atoms with E-state index in [0.29, 0.717) is 31.5 Å². The highest BCUT2D eigenvalue weighted by molar-refractivity contribution is 5.96. The lowest BCUT2D eigenvalue weighted by atomic mass is 9.97. The van der Waals surface area contributed by atoms with Crippen molar-refractivity contribution < 1.29 is 19.5 Å². The van der Waals surface area contributed by atoms with Crippen molar-refractivity contribution >= 4 is 17.8 Å². The van der Waals surface area contributed by atoms with Crippen LogP contribution in [0.1, 0.15) is 42.1 Å². The molecule has 136 valence electrons. The summed E-state index contributed by atoms with van der Waals surface area (Å²) in [4.78, 5) is 38.8. The highest BCUT2D eigenvalue weighted by Gasteiger charge is 2.28. The lowest BCUT2D eigenvalue weighted by Crippen LogP contribution is -2.45. The first-order valence-corrected chi connectivity index (χ1v) is 8.77. The van der Waals surface area contributed by atoms with Crippen molar-refractivity contribution in [2.24, 2.45) is 5.92 Å². The maximum absolute atomic E-state index is 12.5. The number of carboxylic acids is 1. The lowest BCUT2D eigenvalue weighted by Gasteiger charge is -2.31. The summed E-state index contributed by atoms with van der Waals surface area (Å²) >= 11 is 0. The molecule has 2 rings (SSSR count). The second kappa shape index (κ2) is 8.65. The fourth-order valence-electron chi connectivity index (χ4n) is 3.07. The van der Waals surface area contributed by atoms with Gasteiger partial charge in [-0.25, -0.2) is 0 Å². The minimum atomic E-state index is -0.800. The Hall–Kier alpha value is -2.37. The molecule has 1 N–H and O–H groups in total. The number of aryl methyl sites for hydroxylation is 1. The summed E-state index contributed by atoms with van der Waals surface area (Å²) in [5.74, 6) is -1.49. The molecule has 0 atom stereocenters. The number of carbonyl (C=O) groups is 3. The second-order valence-electron chi connectivity index (χ2n) is 6.60. The molecule has 6 nitrogen and oxygen atoms in total. The van der Waals surface area contributed by atoms with E-state index in [4.69, 9.17) is 5.11 Å². The number of amides is 2. The van der Waals surface area contributed by atoms with Gasteiger partial charge in [0.05, 0.1) is 12.5 Å². The number of hydrogen-bond donors (Lipinski definition) is 1. The Morgan fingerprint density at radius 2 is 1.76 bits per heavy atom. The molecule has 0 spiro atoms. The predicted molar refractivity (Wildman–Crippen MR) is 94.3 cm³/mol. The molecule has 1 aliphatic rings. The van der Waals surface area contributed by atoms with Crippen molar-refractivity contribution in [1.82, 2.24) is 9.80 Å². The number of benzene rings is 1. The summed E-state index contributed by atoms with van der Waals surface area (Å²) in [5.41, 5.74) is 1.76. The third kappa shape index (κ3) is 5.05. The van der Waals surface area contributed by atoms with Gasteiger partial charge in [-0.2, -0.15) is 0 Å². The number of rotatable bonds is 6. The first kappa shape index (κ1) is 19.0. The molecule has 1 saturated heterocycles. The maximum atomic E-state index is 12.5. The van der Waals surface area contributed by atoms with Gasteiger partial charge in [0.15, 0.2) is 0 Å². The molecular weight excluding hydrogens is 320 g/mol. The Morgan fingerprint density at radius 3 is 2.28 bits per heavy atom.